The fourth-order valence-corrected chi connectivity index (χ4v) is 1.87. The number of imide groups is 1. The summed E-state index contributed by atoms with van der Waals surface area (Å²) in [6.07, 6.45) is 1.76. The van der Waals surface area contributed by atoms with E-state index in [1.807, 2.05) is 4.90 Å². The van der Waals surface area contributed by atoms with E-state index < -0.39 is 0 Å². The first-order valence-electron chi connectivity index (χ1n) is 5.49. The molecule has 0 aromatic carbocycles. The van der Waals surface area contributed by atoms with Crippen LogP contribution in [0.2, 0.25) is 0 Å². The molecule has 1 aromatic rings. The molecule has 0 atom stereocenters. The third kappa shape index (κ3) is 2.72. The summed E-state index contributed by atoms with van der Waals surface area (Å²) in [4.78, 5) is 25.1. The van der Waals surface area contributed by atoms with Gasteiger partial charge in [-0.1, -0.05) is 0 Å². The Morgan fingerprint density at radius 1 is 1.53 bits per heavy atom. The van der Waals surface area contributed by atoms with Crippen molar-refractivity contribution in [1.29, 1.82) is 0 Å². The van der Waals surface area contributed by atoms with E-state index in [1.165, 1.54) is 0 Å². The highest BCUT2D eigenvalue weighted by Crippen LogP contribution is 2.04. The molecular formula is C11H16N4O2. The van der Waals surface area contributed by atoms with Crippen molar-refractivity contribution in [2.24, 2.45) is 12.8 Å². The summed E-state index contributed by atoms with van der Waals surface area (Å²) in [5.74, 6) is -0.657. The molecule has 1 aliphatic heterocycles. The average Bonchev–Trinajstić information content (AvgIpc) is 2.62. The van der Waals surface area contributed by atoms with Gasteiger partial charge in [0, 0.05) is 32.4 Å². The Bertz CT molecular complexity index is 434. The molecule has 2 amide bonds. The molecule has 6 heteroatoms. The Morgan fingerprint density at radius 2 is 2.24 bits per heavy atom. The van der Waals surface area contributed by atoms with E-state index in [4.69, 9.17) is 5.73 Å². The van der Waals surface area contributed by atoms with Gasteiger partial charge in [-0.25, -0.2) is 0 Å². The van der Waals surface area contributed by atoms with Crippen LogP contribution in [0, 0.1) is 0 Å². The van der Waals surface area contributed by atoms with Gasteiger partial charge in [0.05, 0.1) is 6.54 Å². The van der Waals surface area contributed by atoms with Gasteiger partial charge in [-0.15, -0.1) is 0 Å². The van der Waals surface area contributed by atoms with E-state index in [-0.39, 0.29) is 24.4 Å². The second-order valence-corrected chi connectivity index (χ2v) is 4.34. The molecular weight excluding hydrogens is 220 g/mol. The van der Waals surface area contributed by atoms with Gasteiger partial charge in [0.2, 0.25) is 5.91 Å². The number of aromatic nitrogens is 1. The molecule has 1 saturated heterocycles. The van der Waals surface area contributed by atoms with Crippen molar-refractivity contribution in [3.63, 3.8) is 0 Å². The monoisotopic (exact) mass is 236 g/mol. The predicted molar refractivity (Wildman–Crippen MR) is 62.3 cm³/mol. The van der Waals surface area contributed by atoms with E-state index in [2.05, 4.69) is 5.32 Å². The lowest BCUT2D eigenvalue weighted by atomic mass is 10.1. The van der Waals surface area contributed by atoms with Gasteiger partial charge >= 0.3 is 0 Å². The van der Waals surface area contributed by atoms with Crippen molar-refractivity contribution in [1.82, 2.24) is 14.8 Å². The van der Waals surface area contributed by atoms with Crippen molar-refractivity contribution in [2.45, 2.75) is 6.04 Å². The van der Waals surface area contributed by atoms with Crippen LogP contribution in [0.3, 0.4) is 0 Å². The van der Waals surface area contributed by atoms with E-state index in [0.29, 0.717) is 18.8 Å². The van der Waals surface area contributed by atoms with Gasteiger partial charge in [0.1, 0.15) is 5.69 Å². The SMILES string of the molecule is Cn1cccc1C(=O)NC(=O)CN1CC(N)C1. The quantitative estimate of drug-likeness (QED) is 0.700. The summed E-state index contributed by atoms with van der Waals surface area (Å²) in [5, 5.41) is 2.36. The molecule has 0 bridgehead atoms. The van der Waals surface area contributed by atoms with Gasteiger partial charge in [0.15, 0.2) is 0 Å². The number of likely N-dealkylation sites (tertiary alicyclic amines) is 1. The van der Waals surface area contributed by atoms with Crippen molar-refractivity contribution in [2.75, 3.05) is 19.6 Å². The molecule has 0 unspecified atom stereocenters. The number of hydrogen-bond acceptors (Lipinski definition) is 4. The van der Waals surface area contributed by atoms with Gasteiger partial charge < -0.3 is 10.3 Å². The number of nitrogens with two attached hydrogens (primary N) is 1. The number of aryl methyl sites for hydroxylation is 1. The van der Waals surface area contributed by atoms with Gasteiger partial charge in [-0.3, -0.25) is 19.8 Å². The lowest BCUT2D eigenvalue weighted by molar-refractivity contribution is -0.122. The molecule has 1 aromatic heterocycles. The van der Waals surface area contributed by atoms with Crippen LogP contribution in [0.4, 0.5) is 0 Å². The van der Waals surface area contributed by atoms with Crippen LogP contribution in [-0.4, -0.2) is 47.0 Å². The van der Waals surface area contributed by atoms with Crippen molar-refractivity contribution in [3.05, 3.63) is 24.0 Å². The summed E-state index contributed by atoms with van der Waals surface area (Å²) in [6.45, 7) is 1.65. The fourth-order valence-electron chi connectivity index (χ4n) is 1.87. The summed E-state index contributed by atoms with van der Waals surface area (Å²) < 4.78 is 1.67. The highest BCUT2D eigenvalue weighted by molar-refractivity contribution is 6.04. The molecule has 2 heterocycles. The molecule has 0 saturated carbocycles. The van der Waals surface area contributed by atoms with E-state index >= 15 is 0 Å². The highest BCUT2D eigenvalue weighted by atomic mass is 16.2. The number of amides is 2. The van der Waals surface area contributed by atoms with Crippen LogP contribution in [0.25, 0.3) is 0 Å². The molecule has 17 heavy (non-hydrogen) atoms. The Balaban J connectivity index is 1.83. The number of rotatable bonds is 3. The Morgan fingerprint density at radius 3 is 2.76 bits per heavy atom. The topological polar surface area (TPSA) is 80.4 Å². The predicted octanol–water partition coefficient (Wildman–Crippen LogP) is -1.08. The minimum atomic E-state index is -0.368. The number of nitrogens with one attached hydrogen (secondary N) is 1. The summed E-state index contributed by atoms with van der Waals surface area (Å²) in [6, 6.07) is 3.59. The maximum Gasteiger partial charge on any atom is 0.274 e. The highest BCUT2D eigenvalue weighted by Gasteiger charge is 2.25. The first kappa shape index (κ1) is 11.8. The fraction of sp³-hybridized carbons (Fsp3) is 0.455. The lowest BCUT2D eigenvalue weighted by Gasteiger charge is -2.35. The molecule has 1 aliphatic rings. The van der Waals surface area contributed by atoms with Crippen LogP contribution in [0.5, 0.6) is 0 Å². The molecule has 0 radical (unpaired) electrons. The van der Waals surface area contributed by atoms with Gasteiger partial charge in [-0.2, -0.15) is 0 Å². The second-order valence-electron chi connectivity index (χ2n) is 4.34. The van der Waals surface area contributed by atoms with Gasteiger partial charge in [-0.05, 0) is 12.1 Å². The van der Waals surface area contributed by atoms with Crippen molar-refractivity contribution in [3.8, 4) is 0 Å². The molecule has 2 rings (SSSR count). The number of carbonyl (C=O) groups is 2. The smallest absolute Gasteiger partial charge is 0.274 e. The van der Waals surface area contributed by atoms with Crippen LogP contribution in [0.1, 0.15) is 10.5 Å². The van der Waals surface area contributed by atoms with Crippen molar-refractivity contribution < 1.29 is 9.59 Å². The Kier molecular flexibility index (Phi) is 3.26. The summed E-state index contributed by atoms with van der Waals surface area (Å²) in [7, 11) is 1.76. The number of nitrogens with zero attached hydrogens (tertiary/aromatic N) is 2. The maximum atomic E-state index is 11.7. The molecule has 0 spiro atoms. The summed E-state index contributed by atoms with van der Waals surface area (Å²) in [5.41, 5.74) is 6.07. The minimum Gasteiger partial charge on any atom is -0.347 e. The van der Waals surface area contributed by atoms with Gasteiger partial charge in [0.25, 0.3) is 5.91 Å². The zero-order chi connectivity index (χ0) is 12.4. The Hall–Kier alpha value is -1.66. The first-order valence-corrected chi connectivity index (χ1v) is 5.49. The number of carbonyl (C=O) groups excluding carboxylic acids is 2. The van der Waals surface area contributed by atoms with Crippen LogP contribution in [0.15, 0.2) is 18.3 Å². The van der Waals surface area contributed by atoms with Crippen LogP contribution in [-0.2, 0) is 11.8 Å². The molecule has 6 nitrogen and oxygen atoms in total. The molecule has 92 valence electrons. The normalized spacial score (nSPS) is 16.6. The molecule has 0 aliphatic carbocycles. The minimum absolute atomic E-state index is 0.159. The standard InChI is InChI=1S/C11H16N4O2/c1-14-4-2-3-9(14)11(17)13-10(16)7-15-5-8(12)6-15/h2-4,8H,5-7,12H2,1H3,(H,13,16,17). The average molecular weight is 236 g/mol. The van der Waals surface area contributed by atoms with Crippen LogP contribution < -0.4 is 11.1 Å². The zero-order valence-corrected chi connectivity index (χ0v) is 9.72. The zero-order valence-electron chi connectivity index (χ0n) is 9.72. The third-order valence-electron chi connectivity index (χ3n) is 2.78. The third-order valence-corrected chi connectivity index (χ3v) is 2.78. The van der Waals surface area contributed by atoms with E-state index in [1.54, 1.807) is 29.9 Å². The largest absolute Gasteiger partial charge is 0.347 e. The Labute approximate surface area is 99.4 Å². The molecule has 3 N–H and O–H groups in total. The first-order chi connectivity index (χ1) is 8.06. The van der Waals surface area contributed by atoms with E-state index in [9.17, 15) is 9.59 Å². The molecule has 1 fully saturated rings. The van der Waals surface area contributed by atoms with Crippen LogP contribution >= 0.6 is 0 Å². The van der Waals surface area contributed by atoms with Crippen molar-refractivity contribution >= 4 is 11.8 Å². The maximum absolute atomic E-state index is 11.7. The lowest BCUT2D eigenvalue weighted by Crippen LogP contribution is -2.58. The summed E-state index contributed by atoms with van der Waals surface area (Å²) >= 11 is 0. The number of hydrogen-bond donors (Lipinski definition) is 2. The second kappa shape index (κ2) is 4.68. The van der Waals surface area contributed by atoms with E-state index in [0.717, 1.165) is 0 Å².